The molecule has 3 atom stereocenters. The molecule has 4 aromatic rings. The molecule has 2 aromatic heterocycles. The zero-order valence-electron chi connectivity index (χ0n) is 23.2. The van der Waals surface area contributed by atoms with E-state index in [-0.39, 0.29) is 13.2 Å². The molecular weight excluding hydrogens is 577 g/mol. The van der Waals surface area contributed by atoms with Crippen LogP contribution in [-0.2, 0) is 33.5 Å². The number of cyclic esters (lactones) is 1. The van der Waals surface area contributed by atoms with E-state index in [9.17, 15) is 14.7 Å². The molecule has 1 aliphatic rings. The van der Waals surface area contributed by atoms with Gasteiger partial charge in [0.1, 0.15) is 12.7 Å². The third-order valence-corrected chi connectivity index (χ3v) is 9.99. The van der Waals surface area contributed by atoms with E-state index in [4.69, 9.17) is 14.5 Å². The lowest BCUT2D eigenvalue weighted by molar-refractivity contribution is -0.149. The number of aliphatic hydroxyl groups excluding tert-OH is 1. The second kappa shape index (κ2) is 13.9. The number of nitrogens with zero attached hydrogens (tertiary/aromatic N) is 2. The molecule has 0 spiro atoms. The van der Waals surface area contributed by atoms with Gasteiger partial charge in [0.25, 0.3) is 5.91 Å². The van der Waals surface area contributed by atoms with Gasteiger partial charge in [0, 0.05) is 38.3 Å². The van der Waals surface area contributed by atoms with Crippen LogP contribution in [0.25, 0.3) is 10.1 Å². The number of carbonyl (C=O) groups is 2. The predicted octanol–water partition coefficient (Wildman–Crippen LogP) is 6.67. The van der Waals surface area contributed by atoms with Crippen molar-refractivity contribution >= 4 is 56.5 Å². The Hall–Kier alpha value is -2.76. The number of rotatable bonds is 13. The van der Waals surface area contributed by atoms with Gasteiger partial charge >= 0.3 is 6.09 Å². The smallest absolute Gasteiger partial charge is 0.417 e. The largest absolute Gasteiger partial charge is 0.447 e. The second-order valence-electron chi connectivity index (χ2n) is 9.85. The average Bonchev–Trinajstić information content (AvgIpc) is 3.73. The van der Waals surface area contributed by atoms with Gasteiger partial charge < -0.3 is 14.6 Å². The normalized spacial score (nSPS) is 16.7. The highest BCUT2D eigenvalue weighted by Crippen LogP contribution is 2.38. The topological polar surface area (TPSA) is 89.0 Å². The zero-order chi connectivity index (χ0) is 28.8. The predicted molar refractivity (Wildman–Crippen MR) is 165 cm³/mol. The van der Waals surface area contributed by atoms with Gasteiger partial charge in [0.15, 0.2) is 6.10 Å². The van der Waals surface area contributed by atoms with Gasteiger partial charge in [-0.2, -0.15) is 0 Å². The molecule has 1 N–H and O–H groups in total. The summed E-state index contributed by atoms with van der Waals surface area (Å²) in [7, 11) is 0. The van der Waals surface area contributed by atoms with Crippen LogP contribution in [0.4, 0.5) is 4.79 Å². The van der Waals surface area contributed by atoms with Crippen LogP contribution in [0.3, 0.4) is 0 Å². The Labute approximate surface area is 252 Å². The van der Waals surface area contributed by atoms with E-state index in [2.05, 4.69) is 12.3 Å². The van der Waals surface area contributed by atoms with Crippen LogP contribution in [0.15, 0.2) is 64.2 Å². The van der Waals surface area contributed by atoms with Crippen molar-refractivity contribution in [1.82, 2.24) is 9.88 Å². The van der Waals surface area contributed by atoms with E-state index in [1.54, 1.807) is 30.0 Å². The molecule has 5 rings (SSSR count). The highest BCUT2D eigenvalue weighted by Gasteiger charge is 2.44. The first-order valence-corrected chi connectivity index (χ1v) is 16.6. The number of aliphatic hydroxyl groups is 1. The number of ether oxygens (including phenoxy) is 2. The summed E-state index contributed by atoms with van der Waals surface area (Å²) in [6.07, 6.45) is 0.280. The van der Waals surface area contributed by atoms with Crippen LogP contribution in [0.1, 0.15) is 48.2 Å². The Morgan fingerprint density at radius 3 is 2.78 bits per heavy atom. The number of hydrogen-bond acceptors (Lipinski definition) is 9. The summed E-state index contributed by atoms with van der Waals surface area (Å²) < 4.78 is 12.0. The number of fused-ring (bicyclic) bond motifs is 1. The Bertz CT molecular complexity index is 1470. The van der Waals surface area contributed by atoms with Crippen molar-refractivity contribution in [1.29, 1.82) is 0 Å². The number of hydrogen-bond donors (Lipinski definition) is 1. The van der Waals surface area contributed by atoms with E-state index >= 15 is 0 Å². The van der Waals surface area contributed by atoms with E-state index in [0.29, 0.717) is 12.0 Å². The van der Waals surface area contributed by atoms with Gasteiger partial charge in [-0.3, -0.25) is 4.79 Å². The van der Waals surface area contributed by atoms with Gasteiger partial charge in [0.05, 0.1) is 16.7 Å². The van der Waals surface area contributed by atoms with Gasteiger partial charge in [-0.05, 0) is 55.7 Å². The number of carbonyl (C=O) groups excluding carboxylic acids is 2. The fourth-order valence-corrected chi connectivity index (χ4v) is 8.01. The van der Waals surface area contributed by atoms with Gasteiger partial charge in [-0.15, -0.1) is 34.4 Å². The molecule has 2 aromatic carbocycles. The molecule has 41 heavy (non-hydrogen) atoms. The fourth-order valence-electron chi connectivity index (χ4n) is 5.02. The maximum atomic E-state index is 13.8. The number of aryl methyl sites for hydroxylation is 2. The van der Waals surface area contributed by atoms with Crippen molar-refractivity contribution in [3.8, 4) is 0 Å². The van der Waals surface area contributed by atoms with Crippen LogP contribution < -0.4 is 0 Å². The summed E-state index contributed by atoms with van der Waals surface area (Å²) in [5, 5.41) is 17.9. The first kappa shape index (κ1) is 29.7. The first-order chi connectivity index (χ1) is 20.0. The van der Waals surface area contributed by atoms with Crippen molar-refractivity contribution in [3.63, 3.8) is 0 Å². The summed E-state index contributed by atoms with van der Waals surface area (Å²) >= 11 is 5.01. The molecular formula is C31H34N2O5S3. The summed E-state index contributed by atoms with van der Waals surface area (Å²) in [6, 6.07) is 15.1. The molecule has 216 valence electrons. The molecule has 10 heteroatoms. The summed E-state index contributed by atoms with van der Waals surface area (Å²) in [6.45, 7) is 4.25. The number of thiophene rings is 1. The lowest BCUT2D eigenvalue weighted by atomic mass is 10.0. The summed E-state index contributed by atoms with van der Waals surface area (Å²) in [5.74, 6) is 0.305. The van der Waals surface area contributed by atoms with Crippen LogP contribution in [-0.4, -0.2) is 58.1 Å². The number of thioether (sulfide) groups is 1. The molecule has 2 amide bonds. The molecule has 7 nitrogen and oxygen atoms in total. The van der Waals surface area contributed by atoms with Gasteiger partial charge in [-0.1, -0.05) is 43.3 Å². The second-order valence-corrected chi connectivity index (χ2v) is 12.8. The van der Waals surface area contributed by atoms with Crippen molar-refractivity contribution in [2.45, 2.75) is 62.7 Å². The van der Waals surface area contributed by atoms with E-state index in [1.807, 2.05) is 53.9 Å². The van der Waals surface area contributed by atoms with Crippen molar-refractivity contribution in [2.24, 2.45) is 0 Å². The molecule has 3 heterocycles. The SMILES string of the molecule is CCCc1nc(CCSc2ccc([C@@H](O)[C@H](OCC)C(=O)N3C(=O)OC[C@@H]3Cc3ccccc3)c3sccc23)cs1. The molecule has 1 saturated heterocycles. The number of imide groups is 1. The number of amides is 2. The van der Waals surface area contributed by atoms with Gasteiger partial charge in [0.2, 0.25) is 0 Å². The van der Waals surface area contributed by atoms with Crippen molar-refractivity contribution in [2.75, 3.05) is 19.0 Å². The van der Waals surface area contributed by atoms with Gasteiger partial charge in [-0.25, -0.2) is 14.7 Å². The van der Waals surface area contributed by atoms with Crippen molar-refractivity contribution in [3.05, 3.63) is 81.1 Å². The number of benzene rings is 2. The molecule has 0 radical (unpaired) electrons. The standard InChI is InChI=1S/C31H34N2O5S3/c1-3-8-26-32-21(19-41-26)13-15-39-25-12-11-24(29-23(25)14-16-40-29)27(34)28(37-4-2)30(35)33-22(18-38-31(33)36)17-20-9-6-5-7-10-20/h5-7,9-12,14,16,19,22,27-28,34H,3-4,8,13,15,17-18H2,1-2H3/t22-,27+,28-/m0/s1. The Morgan fingerprint density at radius 2 is 2.00 bits per heavy atom. The zero-order valence-corrected chi connectivity index (χ0v) is 25.6. The van der Waals surface area contributed by atoms with Crippen molar-refractivity contribution < 1.29 is 24.2 Å². The average molecular weight is 611 g/mol. The number of aromatic nitrogens is 1. The highest BCUT2D eigenvalue weighted by atomic mass is 32.2. The molecule has 0 aliphatic carbocycles. The lowest BCUT2D eigenvalue weighted by Gasteiger charge is -2.28. The minimum absolute atomic E-state index is 0.107. The Morgan fingerprint density at radius 1 is 1.17 bits per heavy atom. The van der Waals surface area contributed by atoms with E-state index < -0.39 is 30.3 Å². The minimum Gasteiger partial charge on any atom is -0.447 e. The Kier molecular flexibility index (Phi) is 10.1. The third kappa shape index (κ3) is 6.84. The Balaban J connectivity index is 1.32. The van der Waals surface area contributed by atoms with Crippen LogP contribution in [0.2, 0.25) is 0 Å². The third-order valence-electron chi connectivity index (χ3n) is 6.99. The quantitative estimate of drug-likeness (QED) is 0.169. The van der Waals surface area contributed by atoms with E-state index in [0.717, 1.165) is 56.2 Å². The van der Waals surface area contributed by atoms with Crippen LogP contribution in [0.5, 0.6) is 0 Å². The first-order valence-electron chi connectivity index (χ1n) is 13.9. The minimum atomic E-state index is -1.25. The maximum absolute atomic E-state index is 13.8. The maximum Gasteiger partial charge on any atom is 0.417 e. The lowest BCUT2D eigenvalue weighted by Crippen LogP contribution is -2.48. The molecule has 1 aliphatic heterocycles. The number of thiazole rings is 1. The van der Waals surface area contributed by atoms with Crippen LogP contribution >= 0.6 is 34.4 Å². The highest BCUT2D eigenvalue weighted by molar-refractivity contribution is 7.99. The fraction of sp³-hybridized carbons (Fsp3) is 0.387. The van der Waals surface area contributed by atoms with E-state index in [1.165, 1.54) is 16.3 Å². The van der Waals surface area contributed by atoms with Crippen LogP contribution in [0, 0.1) is 0 Å². The monoisotopic (exact) mass is 610 g/mol. The molecule has 0 saturated carbocycles. The molecule has 0 unspecified atom stereocenters. The molecule has 1 fully saturated rings. The molecule has 0 bridgehead atoms. The summed E-state index contributed by atoms with van der Waals surface area (Å²) in [4.78, 5) is 33.4. The summed E-state index contributed by atoms with van der Waals surface area (Å²) in [5.41, 5.74) is 2.73.